The van der Waals surface area contributed by atoms with Gasteiger partial charge in [0.2, 0.25) is 17.7 Å². The van der Waals surface area contributed by atoms with Crippen molar-refractivity contribution in [2.45, 2.75) is 97.9 Å². The van der Waals surface area contributed by atoms with Gasteiger partial charge in [-0.15, -0.1) is 0 Å². The Balaban J connectivity index is 2.98. The SMILES string of the molecule is CC(C)C[C@H](NC(=O)[C@@H](NC(=O)OC(C)(C)C)C(C)C)C(=O)N[C@@H](CCCCN)C(=O)CNC(=O)/C=C\c1ccccc1O. The van der Waals surface area contributed by atoms with Crippen LogP contribution in [0.1, 0.15) is 79.7 Å². The number of nitrogens with one attached hydrogen (secondary N) is 4. The molecule has 0 saturated carbocycles. The maximum Gasteiger partial charge on any atom is 0.408 e. The van der Waals surface area contributed by atoms with Gasteiger partial charge in [0.15, 0.2) is 5.78 Å². The average molecular weight is 618 g/mol. The molecule has 7 N–H and O–H groups in total. The van der Waals surface area contributed by atoms with E-state index in [1.54, 1.807) is 52.8 Å². The second kappa shape index (κ2) is 18.7. The summed E-state index contributed by atoms with van der Waals surface area (Å²) in [6.45, 7) is 12.5. The van der Waals surface area contributed by atoms with Crippen LogP contribution in [0.3, 0.4) is 0 Å². The summed E-state index contributed by atoms with van der Waals surface area (Å²) in [7, 11) is 0. The highest BCUT2D eigenvalue weighted by atomic mass is 16.6. The molecule has 246 valence electrons. The predicted octanol–water partition coefficient (Wildman–Crippen LogP) is 2.78. The fourth-order valence-corrected chi connectivity index (χ4v) is 4.16. The molecule has 1 aromatic carbocycles. The Kier molecular flexibility index (Phi) is 16.2. The number of ether oxygens (including phenoxy) is 1. The summed E-state index contributed by atoms with van der Waals surface area (Å²) in [5.74, 6) is -2.34. The van der Waals surface area contributed by atoms with Crippen LogP contribution >= 0.6 is 0 Å². The molecule has 0 spiro atoms. The van der Waals surface area contributed by atoms with Gasteiger partial charge < -0.3 is 36.8 Å². The summed E-state index contributed by atoms with van der Waals surface area (Å²) in [6.07, 6.45) is 3.65. The van der Waals surface area contributed by atoms with Gasteiger partial charge in [0.1, 0.15) is 23.4 Å². The van der Waals surface area contributed by atoms with Crippen molar-refractivity contribution in [1.29, 1.82) is 0 Å². The number of aromatic hydroxyl groups is 1. The van der Waals surface area contributed by atoms with Gasteiger partial charge in [-0.05, 0) is 77.0 Å². The molecule has 0 radical (unpaired) electrons. The van der Waals surface area contributed by atoms with Gasteiger partial charge in [-0.1, -0.05) is 45.9 Å². The number of ketones is 1. The Hall–Kier alpha value is -3.93. The Morgan fingerprint density at radius 1 is 0.932 bits per heavy atom. The molecule has 4 amide bonds. The number of alkyl carbamates (subject to hydrolysis) is 1. The number of amides is 4. The van der Waals surface area contributed by atoms with Crippen molar-refractivity contribution < 1.29 is 33.8 Å². The summed E-state index contributed by atoms with van der Waals surface area (Å²) in [5, 5.41) is 20.5. The molecule has 0 saturated heterocycles. The predicted molar refractivity (Wildman–Crippen MR) is 169 cm³/mol. The second-order valence-electron chi connectivity index (χ2n) is 12.5. The quantitative estimate of drug-likeness (QED) is 0.114. The molecule has 0 aliphatic carbocycles. The molecule has 0 unspecified atom stereocenters. The summed E-state index contributed by atoms with van der Waals surface area (Å²) >= 11 is 0. The van der Waals surface area contributed by atoms with Crippen LogP contribution in [0.15, 0.2) is 30.3 Å². The van der Waals surface area contributed by atoms with Crippen molar-refractivity contribution in [3.05, 3.63) is 35.9 Å². The number of phenolic OH excluding ortho intramolecular Hbond substituents is 1. The van der Waals surface area contributed by atoms with E-state index in [0.29, 0.717) is 31.4 Å². The number of hydrogen-bond donors (Lipinski definition) is 6. The number of unbranched alkanes of at least 4 members (excludes halogenated alkanes) is 1. The third-order valence-electron chi connectivity index (χ3n) is 6.40. The summed E-state index contributed by atoms with van der Waals surface area (Å²) in [4.78, 5) is 64.6. The molecule has 0 aliphatic heterocycles. The minimum atomic E-state index is -0.981. The Morgan fingerprint density at radius 2 is 1.57 bits per heavy atom. The van der Waals surface area contributed by atoms with Crippen molar-refractivity contribution >= 4 is 35.7 Å². The highest BCUT2D eigenvalue weighted by Gasteiger charge is 2.32. The van der Waals surface area contributed by atoms with Crippen LogP contribution < -0.4 is 27.0 Å². The normalized spacial score (nSPS) is 13.7. The fourth-order valence-electron chi connectivity index (χ4n) is 4.16. The molecule has 0 fully saturated rings. The number of rotatable bonds is 17. The van der Waals surface area contributed by atoms with E-state index in [1.807, 2.05) is 13.8 Å². The van der Waals surface area contributed by atoms with E-state index < -0.39 is 53.3 Å². The van der Waals surface area contributed by atoms with Gasteiger partial charge >= 0.3 is 6.09 Å². The van der Waals surface area contributed by atoms with Crippen LogP contribution in [0.25, 0.3) is 6.08 Å². The zero-order valence-electron chi connectivity index (χ0n) is 27.1. The van der Waals surface area contributed by atoms with E-state index in [1.165, 1.54) is 18.2 Å². The van der Waals surface area contributed by atoms with Crippen LogP contribution in [0.5, 0.6) is 5.75 Å². The van der Waals surface area contributed by atoms with E-state index in [2.05, 4.69) is 21.3 Å². The summed E-state index contributed by atoms with van der Waals surface area (Å²) < 4.78 is 5.29. The van der Waals surface area contributed by atoms with E-state index >= 15 is 0 Å². The molecule has 12 nitrogen and oxygen atoms in total. The topological polar surface area (TPSA) is 189 Å². The molecule has 12 heteroatoms. The van der Waals surface area contributed by atoms with Crippen molar-refractivity contribution in [3.8, 4) is 5.75 Å². The monoisotopic (exact) mass is 617 g/mol. The van der Waals surface area contributed by atoms with Gasteiger partial charge in [-0.2, -0.15) is 0 Å². The van der Waals surface area contributed by atoms with Crippen molar-refractivity contribution in [1.82, 2.24) is 21.3 Å². The molecule has 3 atom stereocenters. The lowest BCUT2D eigenvalue weighted by Crippen LogP contribution is -2.57. The number of Topliss-reactive ketones (excluding diaryl/α,β-unsaturated/α-hetero) is 1. The van der Waals surface area contributed by atoms with Gasteiger partial charge in [-0.3, -0.25) is 19.2 Å². The minimum absolute atomic E-state index is 0.0127. The van der Waals surface area contributed by atoms with Crippen molar-refractivity contribution in [3.63, 3.8) is 0 Å². The highest BCUT2D eigenvalue weighted by Crippen LogP contribution is 2.17. The first-order valence-corrected chi connectivity index (χ1v) is 15.1. The van der Waals surface area contributed by atoms with Crippen LogP contribution in [0.2, 0.25) is 0 Å². The zero-order valence-corrected chi connectivity index (χ0v) is 27.1. The number of carbonyl (C=O) groups is 5. The number of para-hydroxylation sites is 1. The number of nitrogens with two attached hydrogens (primary N) is 1. The molecular weight excluding hydrogens is 566 g/mol. The fraction of sp³-hybridized carbons (Fsp3) is 0.594. The third-order valence-corrected chi connectivity index (χ3v) is 6.40. The zero-order chi connectivity index (χ0) is 33.4. The minimum Gasteiger partial charge on any atom is -0.507 e. The molecule has 0 aliphatic rings. The molecular formula is C32H51N5O7. The standard InChI is InChI=1S/C32H51N5O7/c1-20(2)18-24(36-30(42)28(21(3)4)37-31(43)44-32(5,6)7)29(41)35-23(13-10-11-17-33)26(39)19-34-27(40)16-15-22-12-8-9-14-25(22)38/h8-9,12,14-16,20-21,23-24,28,38H,10-11,13,17-19,33H2,1-7H3,(H,34,40)(H,35,41)(H,36,42)(H,37,43)/b16-15-/t23-,24-,28-/m0/s1. The van der Waals surface area contributed by atoms with Crippen molar-refractivity contribution in [2.24, 2.45) is 17.6 Å². The Morgan fingerprint density at radius 3 is 2.14 bits per heavy atom. The molecule has 0 heterocycles. The van der Waals surface area contributed by atoms with Gasteiger partial charge in [-0.25, -0.2) is 4.79 Å². The van der Waals surface area contributed by atoms with Gasteiger partial charge in [0.05, 0.1) is 12.6 Å². The summed E-state index contributed by atoms with van der Waals surface area (Å²) in [5.41, 5.74) is 5.31. The summed E-state index contributed by atoms with van der Waals surface area (Å²) in [6, 6.07) is 3.63. The molecule has 0 aromatic heterocycles. The third kappa shape index (κ3) is 15.0. The van der Waals surface area contributed by atoms with E-state index in [4.69, 9.17) is 10.5 Å². The lowest BCUT2D eigenvalue weighted by molar-refractivity contribution is -0.133. The van der Waals surface area contributed by atoms with Crippen LogP contribution in [0, 0.1) is 11.8 Å². The number of benzene rings is 1. The van der Waals surface area contributed by atoms with E-state index in [0.717, 1.165) is 0 Å². The number of phenols is 1. The lowest BCUT2D eigenvalue weighted by atomic mass is 9.99. The first kappa shape index (κ1) is 38.1. The molecule has 1 rings (SSSR count). The number of hydrogen-bond acceptors (Lipinski definition) is 8. The number of carbonyl (C=O) groups excluding carboxylic acids is 5. The smallest absolute Gasteiger partial charge is 0.408 e. The van der Waals surface area contributed by atoms with Crippen LogP contribution in [0.4, 0.5) is 4.79 Å². The molecule has 0 bridgehead atoms. The molecule has 1 aromatic rings. The van der Waals surface area contributed by atoms with Crippen LogP contribution in [-0.2, 0) is 23.9 Å². The largest absolute Gasteiger partial charge is 0.507 e. The van der Waals surface area contributed by atoms with E-state index in [9.17, 15) is 29.1 Å². The average Bonchev–Trinajstić information content (AvgIpc) is 2.91. The Labute approximate surface area is 260 Å². The van der Waals surface area contributed by atoms with Crippen LogP contribution in [-0.4, -0.2) is 71.5 Å². The second-order valence-corrected chi connectivity index (χ2v) is 12.5. The van der Waals surface area contributed by atoms with Gasteiger partial charge in [0, 0.05) is 11.6 Å². The first-order valence-electron chi connectivity index (χ1n) is 15.1. The maximum atomic E-state index is 13.5. The first-order chi connectivity index (χ1) is 20.5. The maximum absolute atomic E-state index is 13.5. The van der Waals surface area contributed by atoms with Gasteiger partial charge in [0.25, 0.3) is 0 Å². The van der Waals surface area contributed by atoms with Crippen molar-refractivity contribution in [2.75, 3.05) is 13.1 Å². The highest BCUT2D eigenvalue weighted by molar-refractivity contribution is 5.98. The Bertz CT molecular complexity index is 1140. The molecule has 44 heavy (non-hydrogen) atoms. The lowest BCUT2D eigenvalue weighted by Gasteiger charge is -2.28. The van der Waals surface area contributed by atoms with E-state index in [-0.39, 0.29) is 30.6 Å².